The van der Waals surface area contributed by atoms with E-state index < -0.39 is 14.6 Å². The van der Waals surface area contributed by atoms with E-state index in [0.717, 1.165) is 18.9 Å². The molecule has 1 aliphatic rings. The van der Waals surface area contributed by atoms with Gasteiger partial charge in [0.1, 0.15) is 0 Å². The minimum Gasteiger partial charge on any atom is -0.374 e. The van der Waals surface area contributed by atoms with Crippen molar-refractivity contribution in [2.45, 2.75) is 38.0 Å². The quantitative estimate of drug-likeness (QED) is 0.277. The van der Waals surface area contributed by atoms with Gasteiger partial charge in [-0.1, -0.05) is 30.3 Å². The maximum absolute atomic E-state index is 12.1. The highest BCUT2D eigenvalue weighted by Crippen LogP contribution is 2.23. The molecule has 1 fully saturated rings. The van der Waals surface area contributed by atoms with Gasteiger partial charge in [-0.15, -0.1) is 24.0 Å². The van der Waals surface area contributed by atoms with E-state index in [1.807, 2.05) is 23.1 Å². The average molecular weight is 509 g/mol. The summed E-state index contributed by atoms with van der Waals surface area (Å²) in [6.07, 6.45) is 0.926. The molecule has 0 amide bonds. The molecule has 6 nitrogen and oxygen atoms in total. The Kier molecular flexibility index (Phi) is 9.50. The number of ether oxygens (including phenoxy) is 1. The van der Waals surface area contributed by atoms with Crippen molar-refractivity contribution in [3.8, 4) is 0 Å². The second kappa shape index (κ2) is 10.6. The van der Waals surface area contributed by atoms with Gasteiger partial charge in [0.05, 0.1) is 16.6 Å². The fraction of sp³-hybridized carbons (Fsp3) is 0.632. The first-order chi connectivity index (χ1) is 12.3. The van der Waals surface area contributed by atoms with Crippen LogP contribution in [0.1, 0.15) is 38.9 Å². The predicted molar refractivity (Wildman–Crippen MR) is 122 cm³/mol. The molecular weight excluding hydrogens is 477 g/mol. The Morgan fingerprint density at radius 2 is 2.00 bits per heavy atom. The molecular formula is C19H32IN3O3S. The van der Waals surface area contributed by atoms with Crippen LogP contribution in [-0.2, 0) is 14.6 Å². The number of nitrogens with zero attached hydrogens (tertiary/aromatic N) is 2. The molecule has 1 atom stereocenters. The number of sulfone groups is 1. The van der Waals surface area contributed by atoms with Gasteiger partial charge in [0.15, 0.2) is 15.8 Å². The van der Waals surface area contributed by atoms with E-state index in [2.05, 4.69) is 29.4 Å². The molecule has 8 heteroatoms. The first kappa shape index (κ1) is 24.2. The van der Waals surface area contributed by atoms with E-state index in [4.69, 9.17) is 4.74 Å². The molecule has 1 aromatic rings. The largest absolute Gasteiger partial charge is 0.374 e. The highest BCUT2D eigenvalue weighted by molar-refractivity contribution is 14.0. The number of aliphatic imine (C=N–C) groups is 1. The van der Waals surface area contributed by atoms with E-state index in [-0.39, 0.29) is 35.8 Å². The number of hydrogen-bond acceptors (Lipinski definition) is 4. The van der Waals surface area contributed by atoms with Gasteiger partial charge in [0.25, 0.3) is 0 Å². The van der Waals surface area contributed by atoms with Crippen molar-refractivity contribution in [2.75, 3.05) is 39.0 Å². The summed E-state index contributed by atoms with van der Waals surface area (Å²) in [4.78, 5) is 6.32. The van der Waals surface area contributed by atoms with Crippen LogP contribution >= 0.6 is 24.0 Å². The minimum absolute atomic E-state index is 0. The number of nitrogens with one attached hydrogen (secondary N) is 1. The SMILES string of the molecule is CN=C(NCCCOC(C)c1ccccc1)N1CCS(=O)(=O)C(C)(C)C1.I. The van der Waals surface area contributed by atoms with E-state index in [0.29, 0.717) is 19.7 Å². The smallest absolute Gasteiger partial charge is 0.193 e. The van der Waals surface area contributed by atoms with Crippen molar-refractivity contribution in [3.05, 3.63) is 35.9 Å². The Morgan fingerprint density at radius 3 is 2.59 bits per heavy atom. The molecule has 2 rings (SSSR count). The van der Waals surface area contributed by atoms with Gasteiger partial charge >= 0.3 is 0 Å². The number of benzene rings is 1. The topological polar surface area (TPSA) is 71.0 Å². The predicted octanol–water partition coefficient (Wildman–Crippen LogP) is 2.86. The van der Waals surface area contributed by atoms with E-state index in [1.54, 1.807) is 20.9 Å². The van der Waals surface area contributed by atoms with Crippen LogP contribution in [0.25, 0.3) is 0 Å². The first-order valence-corrected chi connectivity index (χ1v) is 10.8. The molecule has 0 bridgehead atoms. The van der Waals surface area contributed by atoms with Gasteiger partial charge in [0, 0.05) is 33.3 Å². The molecule has 27 heavy (non-hydrogen) atoms. The van der Waals surface area contributed by atoms with Crippen LogP contribution in [0, 0.1) is 0 Å². The lowest BCUT2D eigenvalue weighted by molar-refractivity contribution is 0.0645. The average Bonchev–Trinajstić information content (AvgIpc) is 2.61. The molecule has 1 aromatic carbocycles. The lowest BCUT2D eigenvalue weighted by Gasteiger charge is -2.39. The van der Waals surface area contributed by atoms with Crippen molar-refractivity contribution in [1.82, 2.24) is 10.2 Å². The molecule has 0 saturated carbocycles. The van der Waals surface area contributed by atoms with Gasteiger partial charge in [0.2, 0.25) is 0 Å². The summed E-state index contributed by atoms with van der Waals surface area (Å²) in [6, 6.07) is 10.2. The minimum atomic E-state index is -3.05. The first-order valence-electron chi connectivity index (χ1n) is 9.11. The molecule has 1 unspecified atom stereocenters. The maximum atomic E-state index is 12.1. The second-order valence-electron chi connectivity index (χ2n) is 7.25. The highest BCUT2D eigenvalue weighted by Gasteiger charge is 2.40. The van der Waals surface area contributed by atoms with Crippen LogP contribution in [0.2, 0.25) is 0 Å². The standard InChI is InChI=1S/C19H31N3O3S.HI/c1-16(17-9-6-5-7-10-17)25-13-8-11-21-18(20-4)22-12-14-26(23,24)19(2,3)15-22;/h5-7,9-10,16H,8,11-15H2,1-4H3,(H,20,21);1H. The Bertz CT molecular complexity index is 708. The Morgan fingerprint density at radius 1 is 1.33 bits per heavy atom. The zero-order valence-electron chi connectivity index (χ0n) is 16.6. The second-order valence-corrected chi connectivity index (χ2v) is 9.99. The number of hydrogen-bond donors (Lipinski definition) is 1. The van der Waals surface area contributed by atoms with Crippen LogP contribution < -0.4 is 5.32 Å². The molecule has 0 radical (unpaired) electrons. The highest BCUT2D eigenvalue weighted by atomic mass is 127. The van der Waals surface area contributed by atoms with Crippen molar-refractivity contribution < 1.29 is 13.2 Å². The number of guanidine groups is 1. The van der Waals surface area contributed by atoms with Gasteiger partial charge in [-0.2, -0.15) is 0 Å². The Labute approximate surface area is 180 Å². The van der Waals surface area contributed by atoms with Crippen molar-refractivity contribution in [1.29, 1.82) is 0 Å². The third-order valence-electron chi connectivity index (χ3n) is 4.80. The lowest BCUT2D eigenvalue weighted by Crippen LogP contribution is -2.57. The van der Waals surface area contributed by atoms with Crippen LogP contribution in [0.15, 0.2) is 35.3 Å². The van der Waals surface area contributed by atoms with Crippen LogP contribution in [0.4, 0.5) is 0 Å². The monoisotopic (exact) mass is 509 g/mol. The summed E-state index contributed by atoms with van der Waals surface area (Å²) in [5.41, 5.74) is 1.17. The third kappa shape index (κ3) is 6.60. The summed E-state index contributed by atoms with van der Waals surface area (Å²) in [7, 11) is -1.32. The fourth-order valence-electron chi connectivity index (χ4n) is 3.01. The van der Waals surface area contributed by atoms with Crippen molar-refractivity contribution in [3.63, 3.8) is 0 Å². The van der Waals surface area contributed by atoms with Gasteiger partial charge in [-0.3, -0.25) is 4.99 Å². The number of halogens is 1. The zero-order valence-corrected chi connectivity index (χ0v) is 19.8. The molecule has 1 aliphatic heterocycles. The molecule has 1 saturated heterocycles. The van der Waals surface area contributed by atoms with Crippen LogP contribution in [0.5, 0.6) is 0 Å². The van der Waals surface area contributed by atoms with Crippen LogP contribution in [-0.4, -0.2) is 63.1 Å². The molecule has 0 spiro atoms. The molecule has 1 heterocycles. The van der Waals surface area contributed by atoms with Crippen molar-refractivity contribution in [2.24, 2.45) is 4.99 Å². The Balaban J connectivity index is 0.00000364. The van der Waals surface area contributed by atoms with Gasteiger partial charge < -0.3 is 15.0 Å². The maximum Gasteiger partial charge on any atom is 0.193 e. The lowest BCUT2D eigenvalue weighted by atomic mass is 10.1. The molecule has 154 valence electrons. The van der Waals surface area contributed by atoms with Gasteiger partial charge in [-0.05, 0) is 32.8 Å². The normalized spacial score (nSPS) is 19.9. The summed E-state index contributed by atoms with van der Waals surface area (Å²) in [6.45, 7) is 7.93. The molecule has 1 N–H and O–H groups in total. The van der Waals surface area contributed by atoms with E-state index >= 15 is 0 Å². The summed E-state index contributed by atoms with van der Waals surface area (Å²) >= 11 is 0. The van der Waals surface area contributed by atoms with Crippen LogP contribution in [0.3, 0.4) is 0 Å². The van der Waals surface area contributed by atoms with E-state index in [1.165, 1.54) is 5.56 Å². The fourth-order valence-corrected chi connectivity index (χ4v) is 4.38. The van der Waals surface area contributed by atoms with E-state index in [9.17, 15) is 8.42 Å². The summed E-state index contributed by atoms with van der Waals surface area (Å²) < 4.78 is 29.4. The Hall–Kier alpha value is -0.870. The van der Waals surface area contributed by atoms with Crippen molar-refractivity contribution >= 4 is 39.8 Å². The molecule has 0 aromatic heterocycles. The number of rotatable bonds is 6. The summed E-state index contributed by atoms with van der Waals surface area (Å²) in [5.74, 6) is 0.919. The third-order valence-corrected chi connectivity index (χ3v) is 7.33. The summed E-state index contributed by atoms with van der Waals surface area (Å²) in [5, 5.41) is 3.32. The van der Waals surface area contributed by atoms with Gasteiger partial charge in [-0.25, -0.2) is 8.42 Å². The molecule has 0 aliphatic carbocycles. The zero-order chi connectivity index (χ0) is 19.2.